The van der Waals surface area contributed by atoms with Gasteiger partial charge in [0, 0.05) is 30.6 Å². The predicted molar refractivity (Wildman–Crippen MR) is 140 cm³/mol. The van der Waals surface area contributed by atoms with Crippen LogP contribution in [-0.4, -0.2) is 46.4 Å². The zero-order chi connectivity index (χ0) is 23.3. The van der Waals surface area contributed by atoms with E-state index in [9.17, 15) is 4.39 Å². The summed E-state index contributed by atoms with van der Waals surface area (Å²) in [6, 6.07) is 24.3. The molecule has 2 heterocycles. The van der Waals surface area contributed by atoms with E-state index in [1.807, 2.05) is 24.3 Å². The fraction of sp³-hybridized carbons (Fsp3) is 0.321. The summed E-state index contributed by atoms with van der Waals surface area (Å²) in [5.41, 5.74) is 4.55. The molecule has 1 saturated heterocycles. The zero-order valence-electron chi connectivity index (χ0n) is 19.6. The van der Waals surface area contributed by atoms with Crippen molar-refractivity contribution in [3.8, 4) is 0 Å². The van der Waals surface area contributed by atoms with Gasteiger partial charge in [0.15, 0.2) is 0 Å². The first kappa shape index (κ1) is 22.9. The number of aromatic nitrogens is 2. The molecule has 5 rings (SSSR count). The second-order valence-corrected chi connectivity index (χ2v) is 9.87. The third kappa shape index (κ3) is 5.45. The second kappa shape index (κ2) is 10.6. The van der Waals surface area contributed by atoms with Gasteiger partial charge in [-0.25, -0.2) is 9.37 Å². The van der Waals surface area contributed by atoms with Gasteiger partial charge in [0.05, 0.1) is 17.6 Å². The van der Waals surface area contributed by atoms with Crippen molar-refractivity contribution < 1.29 is 4.39 Å². The Morgan fingerprint density at radius 2 is 1.65 bits per heavy atom. The Hall–Kier alpha value is -2.83. The van der Waals surface area contributed by atoms with Gasteiger partial charge in [0.1, 0.15) is 5.82 Å². The minimum atomic E-state index is -0.207. The van der Waals surface area contributed by atoms with E-state index in [2.05, 4.69) is 57.4 Å². The minimum absolute atomic E-state index is 0.207. The van der Waals surface area contributed by atoms with Crippen molar-refractivity contribution in [3.05, 3.63) is 89.7 Å². The molecule has 0 atom stereocenters. The van der Waals surface area contributed by atoms with E-state index < -0.39 is 0 Å². The highest BCUT2D eigenvalue weighted by molar-refractivity contribution is 7.98. The molecule has 0 spiro atoms. The Labute approximate surface area is 205 Å². The molecule has 0 saturated carbocycles. The summed E-state index contributed by atoms with van der Waals surface area (Å²) in [7, 11) is 0. The first-order valence-electron chi connectivity index (χ1n) is 12.0. The summed E-state index contributed by atoms with van der Waals surface area (Å²) in [4.78, 5) is 8.78. The fourth-order valence-electron chi connectivity index (χ4n) is 4.68. The Morgan fingerprint density at radius 3 is 2.38 bits per heavy atom. The number of anilines is 1. The Bertz CT molecular complexity index is 1210. The lowest BCUT2D eigenvalue weighted by Crippen LogP contribution is -2.40. The van der Waals surface area contributed by atoms with Crippen molar-refractivity contribution in [3.63, 3.8) is 0 Å². The van der Waals surface area contributed by atoms with E-state index in [0.717, 1.165) is 61.4 Å². The molecule has 4 nitrogen and oxygen atoms in total. The van der Waals surface area contributed by atoms with Crippen LogP contribution in [0.5, 0.6) is 0 Å². The third-order valence-corrected chi connectivity index (χ3v) is 7.45. The molecule has 0 bridgehead atoms. The van der Waals surface area contributed by atoms with E-state index in [1.165, 1.54) is 22.6 Å². The second-order valence-electron chi connectivity index (χ2n) is 9.00. The number of rotatable bonds is 8. The van der Waals surface area contributed by atoms with Gasteiger partial charge in [-0.15, -0.1) is 11.8 Å². The number of piperidine rings is 1. The summed E-state index contributed by atoms with van der Waals surface area (Å²) in [5.74, 6) is 0.694. The van der Waals surface area contributed by atoms with E-state index >= 15 is 0 Å². The predicted octanol–water partition coefficient (Wildman–Crippen LogP) is 6.06. The molecule has 0 aliphatic carbocycles. The largest absolute Gasteiger partial charge is 0.353 e. The van der Waals surface area contributed by atoms with Crippen LogP contribution in [-0.2, 0) is 13.0 Å². The number of hydrogen-bond acceptors (Lipinski definition) is 4. The lowest BCUT2D eigenvalue weighted by molar-refractivity contribution is 0.221. The maximum absolute atomic E-state index is 13.4. The van der Waals surface area contributed by atoms with Gasteiger partial charge in [0.25, 0.3) is 0 Å². The van der Waals surface area contributed by atoms with E-state index in [4.69, 9.17) is 4.98 Å². The van der Waals surface area contributed by atoms with Crippen molar-refractivity contribution >= 4 is 28.7 Å². The van der Waals surface area contributed by atoms with Crippen LogP contribution >= 0.6 is 11.8 Å². The number of nitrogens with one attached hydrogen (secondary N) is 1. The molecule has 0 radical (unpaired) electrons. The first-order valence-corrected chi connectivity index (χ1v) is 13.2. The first-order chi connectivity index (χ1) is 16.7. The summed E-state index contributed by atoms with van der Waals surface area (Å²) >= 11 is 1.79. The van der Waals surface area contributed by atoms with Crippen molar-refractivity contribution in [2.45, 2.75) is 36.7 Å². The van der Waals surface area contributed by atoms with Crippen molar-refractivity contribution in [2.24, 2.45) is 0 Å². The van der Waals surface area contributed by atoms with Crippen LogP contribution in [0.25, 0.3) is 11.0 Å². The number of benzene rings is 3. The molecule has 176 valence electrons. The van der Waals surface area contributed by atoms with Crippen molar-refractivity contribution in [2.75, 3.05) is 31.2 Å². The van der Waals surface area contributed by atoms with Gasteiger partial charge in [-0.2, -0.15) is 0 Å². The number of imidazole rings is 1. The van der Waals surface area contributed by atoms with E-state index in [1.54, 1.807) is 11.8 Å². The number of hydrogen-bond donors (Lipinski definition) is 1. The highest BCUT2D eigenvalue weighted by atomic mass is 32.2. The maximum Gasteiger partial charge on any atom is 0.204 e. The number of likely N-dealkylation sites (tertiary alicyclic amines) is 1. The number of nitrogens with zero attached hydrogens (tertiary/aromatic N) is 3. The number of fused-ring (bicyclic) bond motifs is 1. The lowest BCUT2D eigenvalue weighted by atomic mass is 10.0. The molecular formula is C28H31FN4S. The molecule has 1 aliphatic heterocycles. The van der Waals surface area contributed by atoms with Gasteiger partial charge >= 0.3 is 0 Å². The van der Waals surface area contributed by atoms with Gasteiger partial charge in [-0.05, 0) is 73.0 Å². The fourth-order valence-corrected chi connectivity index (χ4v) is 5.09. The SMILES string of the molecule is CSc1ccc(CCN2CCC(Nc3nc4ccccc4n3Cc3ccc(F)cc3)CC2)cc1. The number of thioether (sulfide) groups is 1. The van der Waals surface area contributed by atoms with Crippen LogP contribution in [0.2, 0.25) is 0 Å². The molecule has 6 heteroatoms. The zero-order valence-corrected chi connectivity index (χ0v) is 20.4. The van der Waals surface area contributed by atoms with Crippen molar-refractivity contribution in [1.82, 2.24) is 14.5 Å². The normalized spacial score (nSPS) is 15.1. The summed E-state index contributed by atoms with van der Waals surface area (Å²) in [5, 5.41) is 3.73. The van der Waals surface area contributed by atoms with Crippen LogP contribution in [0.4, 0.5) is 10.3 Å². The molecule has 1 N–H and O–H groups in total. The smallest absolute Gasteiger partial charge is 0.204 e. The molecule has 34 heavy (non-hydrogen) atoms. The van der Waals surface area contributed by atoms with E-state index in [0.29, 0.717) is 12.6 Å². The molecule has 4 aromatic rings. The van der Waals surface area contributed by atoms with E-state index in [-0.39, 0.29) is 5.82 Å². The molecule has 0 amide bonds. The van der Waals surface area contributed by atoms with Crippen molar-refractivity contribution in [1.29, 1.82) is 0 Å². The van der Waals surface area contributed by atoms with Gasteiger partial charge in [0.2, 0.25) is 5.95 Å². The summed E-state index contributed by atoms with van der Waals surface area (Å²) in [6.45, 7) is 3.96. The molecule has 3 aromatic carbocycles. The van der Waals surface area contributed by atoms with Gasteiger partial charge in [-0.3, -0.25) is 0 Å². The summed E-state index contributed by atoms with van der Waals surface area (Å²) in [6.07, 6.45) is 5.42. The molecular weight excluding hydrogens is 443 g/mol. The average molecular weight is 475 g/mol. The van der Waals surface area contributed by atoms with Crippen LogP contribution in [0.3, 0.4) is 0 Å². The number of para-hydroxylation sites is 2. The third-order valence-electron chi connectivity index (χ3n) is 6.71. The minimum Gasteiger partial charge on any atom is -0.353 e. The average Bonchev–Trinajstić information content (AvgIpc) is 3.22. The van der Waals surface area contributed by atoms with Crippen LogP contribution in [0, 0.1) is 5.82 Å². The summed E-state index contributed by atoms with van der Waals surface area (Å²) < 4.78 is 15.6. The van der Waals surface area contributed by atoms with Gasteiger partial charge < -0.3 is 14.8 Å². The topological polar surface area (TPSA) is 33.1 Å². The molecule has 1 aromatic heterocycles. The molecule has 1 fully saturated rings. The maximum atomic E-state index is 13.4. The molecule has 1 aliphatic rings. The van der Waals surface area contributed by atoms with Crippen LogP contribution in [0.1, 0.15) is 24.0 Å². The monoisotopic (exact) mass is 474 g/mol. The highest BCUT2D eigenvalue weighted by Gasteiger charge is 2.21. The quantitative estimate of drug-likeness (QED) is 0.315. The van der Waals surface area contributed by atoms with Gasteiger partial charge in [-0.1, -0.05) is 36.4 Å². The Kier molecular flexibility index (Phi) is 7.16. The highest BCUT2D eigenvalue weighted by Crippen LogP contribution is 2.24. The van der Waals surface area contributed by atoms with Crippen LogP contribution < -0.4 is 5.32 Å². The number of halogens is 1. The molecule has 0 unspecified atom stereocenters. The Morgan fingerprint density at radius 1 is 0.941 bits per heavy atom. The standard InChI is InChI=1S/C28H31FN4S/c1-34-25-12-8-21(9-13-25)14-17-32-18-15-24(16-19-32)30-28-31-26-4-2-3-5-27(26)33(28)20-22-6-10-23(29)11-7-22/h2-13,24H,14-20H2,1H3,(H,30,31). The lowest BCUT2D eigenvalue weighted by Gasteiger charge is -2.32. The Balaban J connectivity index is 1.21. The van der Waals surface area contributed by atoms with Crippen LogP contribution in [0.15, 0.2) is 77.7 Å².